The Labute approximate surface area is 128 Å². The number of rotatable bonds is 9. The summed E-state index contributed by atoms with van der Waals surface area (Å²) in [7, 11) is 0. The smallest absolute Gasteiger partial charge is 0.245 e. The minimum Gasteiger partial charge on any atom is -0.381 e. The predicted octanol–water partition coefficient (Wildman–Crippen LogP) is 1.95. The zero-order valence-electron chi connectivity index (χ0n) is 13.9. The van der Waals surface area contributed by atoms with Crippen molar-refractivity contribution < 1.29 is 14.3 Å². The van der Waals surface area contributed by atoms with Gasteiger partial charge in [0, 0.05) is 19.8 Å². The lowest BCUT2D eigenvalue weighted by Crippen LogP contribution is -2.64. The highest BCUT2D eigenvalue weighted by Crippen LogP contribution is 2.19. The number of hydrogen-bond acceptors (Lipinski definition) is 3. The van der Waals surface area contributed by atoms with E-state index in [2.05, 4.69) is 12.2 Å². The molecule has 0 aliphatic carbocycles. The van der Waals surface area contributed by atoms with Crippen LogP contribution < -0.4 is 5.32 Å². The molecule has 122 valence electrons. The summed E-state index contributed by atoms with van der Waals surface area (Å²) in [6, 6.07) is -0.718. The number of carbonyl (C=O) groups excluding carboxylic acids is 2. The zero-order chi connectivity index (χ0) is 15.8. The molecule has 1 heterocycles. The lowest BCUT2D eigenvalue weighted by atomic mass is 9.96. The lowest BCUT2D eigenvalue weighted by molar-refractivity contribution is -0.151. The number of nitrogens with zero attached hydrogens (tertiary/aromatic N) is 1. The van der Waals surface area contributed by atoms with Gasteiger partial charge in [-0.05, 0) is 25.2 Å². The second-order valence-corrected chi connectivity index (χ2v) is 6.01. The summed E-state index contributed by atoms with van der Waals surface area (Å²) in [5.74, 6) is 0.139. The van der Waals surface area contributed by atoms with E-state index < -0.39 is 0 Å². The molecule has 1 aliphatic rings. The highest BCUT2D eigenvalue weighted by molar-refractivity contribution is 5.97. The van der Waals surface area contributed by atoms with Crippen LogP contribution in [0.3, 0.4) is 0 Å². The van der Waals surface area contributed by atoms with Gasteiger partial charge in [-0.15, -0.1) is 0 Å². The summed E-state index contributed by atoms with van der Waals surface area (Å²) in [5, 5.41) is 2.83. The molecule has 0 saturated carbocycles. The van der Waals surface area contributed by atoms with E-state index in [4.69, 9.17) is 4.74 Å². The maximum Gasteiger partial charge on any atom is 0.245 e. The van der Waals surface area contributed by atoms with Crippen LogP contribution in [0.25, 0.3) is 0 Å². The molecule has 5 heteroatoms. The van der Waals surface area contributed by atoms with Crippen LogP contribution >= 0.6 is 0 Å². The van der Waals surface area contributed by atoms with Crippen LogP contribution in [0.1, 0.15) is 53.4 Å². The van der Waals surface area contributed by atoms with Crippen molar-refractivity contribution in [2.75, 3.05) is 19.8 Å². The average molecular weight is 298 g/mol. The van der Waals surface area contributed by atoms with E-state index in [-0.39, 0.29) is 29.8 Å². The molecule has 0 bridgehead atoms. The van der Waals surface area contributed by atoms with Gasteiger partial charge in [-0.25, -0.2) is 0 Å². The maximum atomic E-state index is 12.5. The molecule has 1 rings (SSSR count). The van der Waals surface area contributed by atoms with Crippen molar-refractivity contribution in [1.82, 2.24) is 10.2 Å². The first-order valence-electron chi connectivity index (χ1n) is 8.21. The SMILES string of the molecule is CCCCOCCCN1C(=O)C(CC)NC(=O)C1C(C)C. The van der Waals surface area contributed by atoms with Crippen LogP contribution in [0.5, 0.6) is 0 Å². The molecule has 2 atom stereocenters. The molecule has 0 aromatic rings. The highest BCUT2D eigenvalue weighted by Gasteiger charge is 2.40. The molecule has 0 aromatic heterocycles. The topological polar surface area (TPSA) is 58.6 Å². The minimum absolute atomic E-state index is 0.0247. The Bertz CT molecular complexity index is 344. The van der Waals surface area contributed by atoms with E-state index >= 15 is 0 Å². The largest absolute Gasteiger partial charge is 0.381 e. The summed E-state index contributed by atoms with van der Waals surface area (Å²) in [6.07, 6.45) is 3.61. The summed E-state index contributed by atoms with van der Waals surface area (Å²) in [5.41, 5.74) is 0. The number of unbranched alkanes of at least 4 members (excludes halogenated alkanes) is 1. The normalized spacial score (nSPS) is 22.8. The maximum absolute atomic E-state index is 12.5. The Morgan fingerprint density at radius 2 is 1.86 bits per heavy atom. The summed E-state index contributed by atoms with van der Waals surface area (Å²) in [4.78, 5) is 26.4. The second kappa shape index (κ2) is 9.03. The van der Waals surface area contributed by atoms with Gasteiger partial charge < -0.3 is 15.0 Å². The van der Waals surface area contributed by atoms with Crippen molar-refractivity contribution in [3.8, 4) is 0 Å². The van der Waals surface area contributed by atoms with Crippen LogP contribution in [0, 0.1) is 5.92 Å². The Hall–Kier alpha value is -1.10. The lowest BCUT2D eigenvalue weighted by Gasteiger charge is -2.40. The molecular weight excluding hydrogens is 268 g/mol. The molecule has 21 heavy (non-hydrogen) atoms. The van der Waals surface area contributed by atoms with Crippen LogP contribution in [0.4, 0.5) is 0 Å². The zero-order valence-corrected chi connectivity index (χ0v) is 13.9. The van der Waals surface area contributed by atoms with Crippen molar-refractivity contribution >= 4 is 11.8 Å². The Balaban J connectivity index is 2.55. The first kappa shape index (κ1) is 18.0. The molecule has 2 unspecified atom stereocenters. The fourth-order valence-corrected chi connectivity index (χ4v) is 2.67. The number of amides is 2. The number of nitrogens with one attached hydrogen (secondary N) is 1. The van der Waals surface area contributed by atoms with E-state index in [1.54, 1.807) is 4.90 Å². The molecular formula is C16H30N2O3. The first-order valence-corrected chi connectivity index (χ1v) is 8.21. The molecule has 1 N–H and O–H groups in total. The minimum atomic E-state index is -0.367. The predicted molar refractivity (Wildman–Crippen MR) is 82.9 cm³/mol. The fraction of sp³-hybridized carbons (Fsp3) is 0.875. The third-order valence-corrected chi connectivity index (χ3v) is 3.87. The van der Waals surface area contributed by atoms with Crippen LogP contribution in [0.15, 0.2) is 0 Å². The standard InChI is InChI=1S/C16H30N2O3/c1-5-7-10-21-11-8-9-18-14(12(3)4)15(19)17-13(6-2)16(18)20/h12-14H,5-11H2,1-4H3,(H,17,19). The van der Waals surface area contributed by atoms with E-state index in [0.29, 0.717) is 19.6 Å². The van der Waals surface area contributed by atoms with Gasteiger partial charge in [0.15, 0.2) is 0 Å². The van der Waals surface area contributed by atoms with Crippen LogP contribution in [-0.2, 0) is 14.3 Å². The van der Waals surface area contributed by atoms with E-state index in [1.807, 2.05) is 20.8 Å². The molecule has 0 radical (unpaired) electrons. The molecule has 0 spiro atoms. The van der Waals surface area contributed by atoms with Crippen molar-refractivity contribution in [2.45, 2.75) is 65.5 Å². The highest BCUT2D eigenvalue weighted by atomic mass is 16.5. The van der Waals surface area contributed by atoms with E-state index in [0.717, 1.165) is 25.9 Å². The van der Waals surface area contributed by atoms with Gasteiger partial charge in [0.2, 0.25) is 11.8 Å². The summed E-state index contributed by atoms with van der Waals surface area (Å²) in [6.45, 7) is 10.0. The van der Waals surface area contributed by atoms with Gasteiger partial charge in [-0.1, -0.05) is 34.1 Å². The van der Waals surface area contributed by atoms with Crippen LogP contribution in [0.2, 0.25) is 0 Å². The molecule has 2 amide bonds. The number of piperazine rings is 1. The van der Waals surface area contributed by atoms with Gasteiger partial charge in [0.05, 0.1) is 0 Å². The Kier molecular flexibility index (Phi) is 7.72. The van der Waals surface area contributed by atoms with E-state index in [9.17, 15) is 9.59 Å². The monoisotopic (exact) mass is 298 g/mol. The van der Waals surface area contributed by atoms with Gasteiger partial charge >= 0.3 is 0 Å². The quantitative estimate of drug-likeness (QED) is 0.662. The van der Waals surface area contributed by atoms with Gasteiger partial charge in [-0.2, -0.15) is 0 Å². The molecule has 1 saturated heterocycles. The summed E-state index contributed by atoms with van der Waals surface area (Å²) >= 11 is 0. The van der Waals surface area contributed by atoms with Gasteiger partial charge in [-0.3, -0.25) is 9.59 Å². The molecule has 5 nitrogen and oxygen atoms in total. The summed E-state index contributed by atoms with van der Waals surface area (Å²) < 4.78 is 5.54. The Morgan fingerprint density at radius 3 is 2.43 bits per heavy atom. The fourth-order valence-electron chi connectivity index (χ4n) is 2.67. The first-order chi connectivity index (χ1) is 10.0. The van der Waals surface area contributed by atoms with Crippen LogP contribution in [-0.4, -0.2) is 48.6 Å². The van der Waals surface area contributed by atoms with E-state index in [1.165, 1.54) is 0 Å². The van der Waals surface area contributed by atoms with Crippen molar-refractivity contribution in [1.29, 1.82) is 0 Å². The van der Waals surface area contributed by atoms with Gasteiger partial charge in [0.1, 0.15) is 12.1 Å². The Morgan fingerprint density at radius 1 is 1.19 bits per heavy atom. The molecule has 1 fully saturated rings. The number of hydrogen-bond donors (Lipinski definition) is 1. The van der Waals surface area contributed by atoms with Crippen molar-refractivity contribution in [3.63, 3.8) is 0 Å². The number of carbonyl (C=O) groups is 2. The van der Waals surface area contributed by atoms with Gasteiger partial charge in [0.25, 0.3) is 0 Å². The molecule has 1 aliphatic heterocycles. The third-order valence-electron chi connectivity index (χ3n) is 3.87. The van der Waals surface area contributed by atoms with Crippen molar-refractivity contribution in [2.24, 2.45) is 5.92 Å². The number of ether oxygens (including phenoxy) is 1. The third kappa shape index (κ3) is 4.99. The molecule has 0 aromatic carbocycles. The van der Waals surface area contributed by atoms with Crippen molar-refractivity contribution in [3.05, 3.63) is 0 Å². The average Bonchev–Trinajstić information content (AvgIpc) is 2.45. The second-order valence-electron chi connectivity index (χ2n) is 6.01.